The van der Waals surface area contributed by atoms with Crippen LogP contribution in [0.15, 0.2) is 24.3 Å². The van der Waals surface area contributed by atoms with Gasteiger partial charge in [0, 0.05) is 13.1 Å². The molecule has 0 unspecified atom stereocenters. The summed E-state index contributed by atoms with van der Waals surface area (Å²) in [5.41, 5.74) is 7.89. The van der Waals surface area contributed by atoms with Gasteiger partial charge >= 0.3 is 0 Å². The molecule has 1 aromatic carbocycles. The van der Waals surface area contributed by atoms with E-state index in [4.69, 9.17) is 5.73 Å². The molecule has 23 heavy (non-hydrogen) atoms. The molecule has 0 bridgehead atoms. The largest absolute Gasteiger partial charge is 0.346 e. The van der Waals surface area contributed by atoms with E-state index in [1.165, 1.54) is 17.5 Å². The van der Waals surface area contributed by atoms with Crippen LogP contribution in [0.4, 0.5) is 0 Å². The van der Waals surface area contributed by atoms with Crippen molar-refractivity contribution in [2.24, 2.45) is 11.7 Å². The maximum atomic E-state index is 12.0. The quantitative estimate of drug-likeness (QED) is 0.829. The van der Waals surface area contributed by atoms with Crippen LogP contribution in [-0.2, 0) is 16.0 Å². The number of carbonyl (C=O) groups is 2. The van der Waals surface area contributed by atoms with E-state index in [0.717, 1.165) is 32.4 Å². The first kappa shape index (κ1) is 17.5. The molecule has 126 valence electrons. The lowest BCUT2D eigenvalue weighted by molar-refractivity contribution is -0.133. The number of carbonyl (C=O) groups excluding carboxylic acids is 2. The predicted molar refractivity (Wildman–Crippen MR) is 90.9 cm³/mol. The van der Waals surface area contributed by atoms with Crippen LogP contribution < -0.4 is 11.1 Å². The number of hydrogen-bond acceptors (Lipinski definition) is 3. The fourth-order valence-corrected chi connectivity index (χ4v) is 2.95. The van der Waals surface area contributed by atoms with Crippen molar-refractivity contribution in [2.45, 2.75) is 32.6 Å². The summed E-state index contributed by atoms with van der Waals surface area (Å²) in [5.74, 6) is 0.383. The van der Waals surface area contributed by atoms with E-state index in [0.29, 0.717) is 5.92 Å². The molecule has 0 aliphatic carbocycles. The minimum Gasteiger partial charge on any atom is -0.346 e. The normalized spacial score (nSPS) is 15.5. The molecular weight excluding hydrogens is 290 g/mol. The zero-order valence-corrected chi connectivity index (χ0v) is 13.9. The third-order valence-electron chi connectivity index (χ3n) is 4.55. The standard InChI is InChI=1S/C18H27N3O2/c1-14-2-4-15(5-3-14)6-7-16-8-10-21(11-9-16)18(23)13-20-17(22)12-19/h2-5,16H,6-13,19H2,1H3,(H,20,22). The van der Waals surface area contributed by atoms with Gasteiger partial charge in [-0.15, -0.1) is 0 Å². The van der Waals surface area contributed by atoms with E-state index < -0.39 is 0 Å². The Kier molecular flexibility index (Phi) is 6.59. The molecule has 1 heterocycles. The Bertz CT molecular complexity index is 520. The highest BCUT2D eigenvalue weighted by Crippen LogP contribution is 2.22. The number of likely N-dealkylation sites (tertiary alicyclic amines) is 1. The summed E-state index contributed by atoms with van der Waals surface area (Å²) in [5, 5.41) is 2.54. The molecule has 5 nitrogen and oxygen atoms in total. The number of nitrogens with zero attached hydrogens (tertiary/aromatic N) is 1. The number of aryl methyl sites for hydroxylation is 2. The molecule has 0 atom stereocenters. The van der Waals surface area contributed by atoms with Crippen molar-refractivity contribution in [1.29, 1.82) is 0 Å². The molecule has 1 saturated heterocycles. The van der Waals surface area contributed by atoms with E-state index >= 15 is 0 Å². The Hall–Kier alpha value is -1.88. The van der Waals surface area contributed by atoms with E-state index in [1.807, 2.05) is 4.90 Å². The number of benzene rings is 1. The first-order valence-corrected chi connectivity index (χ1v) is 8.38. The van der Waals surface area contributed by atoms with Crippen LogP contribution >= 0.6 is 0 Å². The Morgan fingerprint density at radius 2 is 1.87 bits per heavy atom. The predicted octanol–water partition coefficient (Wildman–Crippen LogP) is 1.24. The summed E-state index contributed by atoms with van der Waals surface area (Å²) >= 11 is 0. The number of amides is 2. The second kappa shape index (κ2) is 8.67. The van der Waals surface area contributed by atoms with Gasteiger partial charge < -0.3 is 16.0 Å². The van der Waals surface area contributed by atoms with Crippen molar-refractivity contribution in [1.82, 2.24) is 10.2 Å². The van der Waals surface area contributed by atoms with Gasteiger partial charge in [0.25, 0.3) is 0 Å². The average molecular weight is 317 g/mol. The fourth-order valence-electron chi connectivity index (χ4n) is 2.95. The molecule has 1 fully saturated rings. The summed E-state index contributed by atoms with van der Waals surface area (Å²) in [7, 11) is 0. The van der Waals surface area contributed by atoms with Crippen LogP contribution in [0, 0.1) is 12.8 Å². The molecule has 0 saturated carbocycles. The number of rotatable bonds is 6. The maximum Gasteiger partial charge on any atom is 0.241 e. The molecular formula is C18H27N3O2. The summed E-state index contributed by atoms with van der Waals surface area (Å²) in [6.45, 7) is 3.66. The molecule has 0 radical (unpaired) electrons. The second-order valence-electron chi connectivity index (χ2n) is 6.33. The molecule has 1 aliphatic heterocycles. The maximum absolute atomic E-state index is 12.0. The van der Waals surface area contributed by atoms with Crippen molar-refractivity contribution < 1.29 is 9.59 Å². The highest BCUT2D eigenvalue weighted by atomic mass is 16.2. The van der Waals surface area contributed by atoms with Crippen molar-refractivity contribution >= 4 is 11.8 Å². The summed E-state index contributed by atoms with van der Waals surface area (Å²) in [4.78, 5) is 24.9. The third-order valence-corrected chi connectivity index (χ3v) is 4.55. The topological polar surface area (TPSA) is 75.4 Å². The van der Waals surface area contributed by atoms with Crippen LogP contribution in [0.1, 0.15) is 30.4 Å². The number of hydrogen-bond donors (Lipinski definition) is 2. The molecule has 2 amide bonds. The minimum absolute atomic E-state index is 0.0104. The molecule has 1 aliphatic rings. The van der Waals surface area contributed by atoms with Crippen LogP contribution in [0.5, 0.6) is 0 Å². The Morgan fingerprint density at radius 1 is 1.22 bits per heavy atom. The molecule has 3 N–H and O–H groups in total. The highest BCUT2D eigenvalue weighted by molar-refractivity contribution is 5.85. The van der Waals surface area contributed by atoms with Crippen molar-refractivity contribution in [3.8, 4) is 0 Å². The molecule has 0 spiro atoms. The van der Waals surface area contributed by atoms with E-state index in [9.17, 15) is 9.59 Å². The molecule has 5 heteroatoms. The molecule has 0 aromatic heterocycles. The Morgan fingerprint density at radius 3 is 2.48 bits per heavy atom. The van der Waals surface area contributed by atoms with Gasteiger partial charge in [-0.2, -0.15) is 0 Å². The van der Waals surface area contributed by atoms with Gasteiger partial charge in [-0.05, 0) is 44.1 Å². The zero-order chi connectivity index (χ0) is 16.7. The average Bonchev–Trinajstić information content (AvgIpc) is 2.59. The van der Waals surface area contributed by atoms with Crippen molar-refractivity contribution in [3.05, 3.63) is 35.4 Å². The lowest BCUT2D eigenvalue weighted by Gasteiger charge is -2.32. The SMILES string of the molecule is Cc1ccc(CCC2CCN(C(=O)CNC(=O)CN)CC2)cc1. The van der Waals surface area contributed by atoms with Gasteiger partial charge in [-0.1, -0.05) is 29.8 Å². The minimum atomic E-state index is -0.286. The van der Waals surface area contributed by atoms with Gasteiger partial charge in [0.15, 0.2) is 0 Å². The summed E-state index contributed by atoms with van der Waals surface area (Å²) < 4.78 is 0. The van der Waals surface area contributed by atoms with E-state index in [1.54, 1.807) is 0 Å². The molecule has 1 aromatic rings. The van der Waals surface area contributed by atoms with Crippen LogP contribution in [0.2, 0.25) is 0 Å². The first-order chi connectivity index (χ1) is 11.1. The fraction of sp³-hybridized carbons (Fsp3) is 0.556. The Balaban J connectivity index is 1.68. The van der Waals surface area contributed by atoms with Crippen LogP contribution in [0.25, 0.3) is 0 Å². The van der Waals surface area contributed by atoms with Gasteiger partial charge in [-0.25, -0.2) is 0 Å². The van der Waals surface area contributed by atoms with Gasteiger partial charge in [0.05, 0.1) is 13.1 Å². The second-order valence-corrected chi connectivity index (χ2v) is 6.33. The number of nitrogens with two attached hydrogens (primary N) is 1. The first-order valence-electron chi connectivity index (χ1n) is 8.38. The lowest BCUT2D eigenvalue weighted by atomic mass is 9.90. The van der Waals surface area contributed by atoms with Crippen molar-refractivity contribution in [3.63, 3.8) is 0 Å². The number of nitrogens with one attached hydrogen (secondary N) is 1. The van der Waals surface area contributed by atoms with E-state index in [2.05, 4.69) is 36.5 Å². The Labute approximate surface area is 138 Å². The lowest BCUT2D eigenvalue weighted by Crippen LogP contribution is -2.45. The smallest absolute Gasteiger partial charge is 0.241 e. The van der Waals surface area contributed by atoms with Gasteiger partial charge in [-0.3, -0.25) is 9.59 Å². The zero-order valence-electron chi connectivity index (χ0n) is 13.9. The van der Waals surface area contributed by atoms with Gasteiger partial charge in [0.1, 0.15) is 0 Å². The summed E-state index contributed by atoms with van der Waals surface area (Å²) in [6.07, 6.45) is 4.37. The van der Waals surface area contributed by atoms with E-state index in [-0.39, 0.29) is 24.9 Å². The number of piperidine rings is 1. The van der Waals surface area contributed by atoms with Crippen LogP contribution in [-0.4, -0.2) is 42.9 Å². The highest BCUT2D eigenvalue weighted by Gasteiger charge is 2.22. The monoisotopic (exact) mass is 317 g/mol. The van der Waals surface area contributed by atoms with Crippen molar-refractivity contribution in [2.75, 3.05) is 26.2 Å². The summed E-state index contributed by atoms with van der Waals surface area (Å²) in [6, 6.07) is 8.72. The van der Waals surface area contributed by atoms with Crippen LogP contribution in [0.3, 0.4) is 0 Å². The molecule has 2 rings (SSSR count). The van der Waals surface area contributed by atoms with Gasteiger partial charge in [0.2, 0.25) is 11.8 Å². The third kappa shape index (κ3) is 5.67.